The van der Waals surface area contributed by atoms with E-state index < -0.39 is 17.3 Å². The lowest BCUT2D eigenvalue weighted by atomic mass is 9.82. The van der Waals surface area contributed by atoms with Crippen molar-refractivity contribution >= 4 is 34.9 Å². The highest BCUT2D eigenvalue weighted by Crippen LogP contribution is 2.34. The Bertz CT molecular complexity index is 1060. The van der Waals surface area contributed by atoms with Crippen LogP contribution >= 0.6 is 11.6 Å². The van der Waals surface area contributed by atoms with E-state index in [2.05, 4.69) is 10.3 Å². The van der Waals surface area contributed by atoms with Crippen molar-refractivity contribution < 1.29 is 18.8 Å². The average Bonchev–Trinajstić information content (AvgIpc) is 3.06. The molecule has 3 atom stereocenters. The third kappa shape index (κ3) is 4.57. The summed E-state index contributed by atoms with van der Waals surface area (Å²) in [6, 6.07) is 9.56. The predicted molar refractivity (Wildman–Crippen MR) is 122 cm³/mol. The number of anilines is 1. The fourth-order valence-electron chi connectivity index (χ4n) is 4.84. The second-order valence-electron chi connectivity index (χ2n) is 8.83. The van der Waals surface area contributed by atoms with Crippen LogP contribution in [-0.4, -0.2) is 53.2 Å². The summed E-state index contributed by atoms with van der Waals surface area (Å²) in [4.78, 5) is 46.3. The number of carbonyl (C=O) groups excluding carboxylic acids is 3. The number of hydrogen-bond donors (Lipinski definition) is 1. The van der Waals surface area contributed by atoms with Crippen molar-refractivity contribution in [1.29, 1.82) is 0 Å². The van der Waals surface area contributed by atoms with Crippen LogP contribution in [0.4, 0.5) is 10.1 Å². The van der Waals surface area contributed by atoms with Gasteiger partial charge in [-0.1, -0.05) is 24.6 Å². The Morgan fingerprint density at radius 2 is 2.09 bits per heavy atom. The molecule has 4 rings (SSSR count). The number of nitrogens with zero attached hydrogens (tertiary/aromatic N) is 3. The fourth-order valence-corrected chi connectivity index (χ4v) is 5.06. The van der Waals surface area contributed by atoms with Gasteiger partial charge in [-0.15, -0.1) is 0 Å². The van der Waals surface area contributed by atoms with Crippen LogP contribution in [0.25, 0.3) is 0 Å². The number of rotatable bonds is 5. The first-order valence-electron chi connectivity index (χ1n) is 11.0. The van der Waals surface area contributed by atoms with E-state index in [-0.39, 0.29) is 36.5 Å². The van der Waals surface area contributed by atoms with E-state index in [0.29, 0.717) is 36.0 Å². The maximum Gasteiger partial charge on any atom is 0.228 e. The maximum absolute atomic E-state index is 13.8. The quantitative estimate of drug-likeness (QED) is 0.676. The van der Waals surface area contributed by atoms with E-state index in [9.17, 15) is 18.8 Å². The van der Waals surface area contributed by atoms with E-state index in [1.54, 1.807) is 42.3 Å². The number of carbonyl (C=O) groups is 3. The molecule has 0 aliphatic carbocycles. The summed E-state index contributed by atoms with van der Waals surface area (Å²) in [5.74, 6) is -1.65. The summed E-state index contributed by atoms with van der Waals surface area (Å²) in [5, 5.41) is 3.12. The van der Waals surface area contributed by atoms with Gasteiger partial charge in [0.25, 0.3) is 0 Å². The number of hydrogen-bond acceptors (Lipinski definition) is 5. The number of piperazine rings is 1. The van der Waals surface area contributed by atoms with Gasteiger partial charge in [0.05, 0.1) is 12.1 Å². The topological polar surface area (TPSA) is 82.6 Å². The Morgan fingerprint density at radius 1 is 1.30 bits per heavy atom. The third-order valence-corrected chi connectivity index (χ3v) is 6.62. The minimum atomic E-state index is -1.29. The molecule has 3 heterocycles. The number of amides is 2. The molecule has 0 bridgehead atoms. The van der Waals surface area contributed by atoms with Gasteiger partial charge in [-0.25, -0.2) is 4.39 Å². The smallest absolute Gasteiger partial charge is 0.228 e. The standard InChI is InChI=1S/C24H26ClFN4O3/c1-15(13-24(20-5-3-4-6-27-20)21(31)12-22(32)28-24)23(33)29-7-8-30(16(2)14-29)19-10-17(25)9-18(26)11-19/h3-6,9-11,15-16H,7-8,12-14H2,1-2H3,(H,28,32)/t15?,16-,24?/m0/s1. The SMILES string of the molecule is CC(CC1(c2ccccn2)NC(=O)CC1=O)C(=O)N1CCN(c2cc(F)cc(Cl)c2)[C@@H](C)C1. The Kier molecular flexibility index (Phi) is 6.38. The monoisotopic (exact) mass is 472 g/mol. The Balaban J connectivity index is 1.48. The number of aromatic nitrogens is 1. The first-order valence-corrected chi connectivity index (χ1v) is 11.3. The van der Waals surface area contributed by atoms with Crippen LogP contribution in [0, 0.1) is 11.7 Å². The van der Waals surface area contributed by atoms with Crippen LogP contribution in [0.3, 0.4) is 0 Å². The molecule has 2 saturated heterocycles. The van der Waals surface area contributed by atoms with E-state index >= 15 is 0 Å². The summed E-state index contributed by atoms with van der Waals surface area (Å²) in [6.45, 7) is 5.18. The van der Waals surface area contributed by atoms with Gasteiger partial charge >= 0.3 is 0 Å². The lowest BCUT2D eigenvalue weighted by molar-refractivity contribution is -0.137. The molecule has 0 saturated carbocycles. The zero-order chi connectivity index (χ0) is 23.8. The third-order valence-electron chi connectivity index (χ3n) is 6.40. The minimum Gasteiger partial charge on any atom is -0.365 e. The largest absolute Gasteiger partial charge is 0.365 e. The Morgan fingerprint density at radius 3 is 2.70 bits per heavy atom. The van der Waals surface area contributed by atoms with Gasteiger partial charge in [0.2, 0.25) is 11.8 Å². The molecule has 0 spiro atoms. The second-order valence-corrected chi connectivity index (χ2v) is 9.26. The highest BCUT2D eigenvalue weighted by molar-refractivity contribution is 6.30. The molecular formula is C24H26ClFN4O3. The van der Waals surface area contributed by atoms with E-state index in [4.69, 9.17) is 11.6 Å². The van der Waals surface area contributed by atoms with Crippen molar-refractivity contribution in [2.75, 3.05) is 24.5 Å². The molecule has 7 nitrogen and oxygen atoms in total. The van der Waals surface area contributed by atoms with Crippen molar-refractivity contribution in [2.45, 2.75) is 38.3 Å². The number of halogens is 2. The summed E-state index contributed by atoms with van der Waals surface area (Å²) < 4.78 is 13.8. The van der Waals surface area contributed by atoms with Crippen LogP contribution < -0.4 is 10.2 Å². The van der Waals surface area contributed by atoms with E-state index in [1.165, 1.54) is 12.1 Å². The molecule has 2 aliphatic heterocycles. The van der Waals surface area contributed by atoms with Gasteiger partial charge in [-0.3, -0.25) is 19.4 Å². The average molecular weight is 473 g/mol. The fraction of sp³-hybridized carbons (Fsp3) is 0.417. The molecular weight excluding hydrogens is 447 g/mol. The van der Waals surface area contributed by atoms with Crippen LogP contribution in [0.15, 0.2) is 42.6 Å². The van der Waals surface area contributed by atoms with Crippen molar-refractivity contribution in [3.8, 4) is 0 Å². The highest BCUT2D eigenvalue weighted by Gasteiger charge is 2.50. The Labute approximate surface area is 196 Å². The number of Topliss-reactive ketones (excluding diaryl/α,β-unsaturated/α-hetero) is 1. The molecule has 2 aliphatic rings. The van der Waals surface area contributed by atoms with Gasteiger partial charge < -0.3 is 15.1 Å². The van der Waals surface area contributed by atoms with Crippen LogP contribution in [0.1, 0.15) is 32.4 Å². The molecule has 2 aromatic rings. The molecule has 9 heteroatoms. The summed E-state index contributed by atoms with van der Waals surface area (Å²) >= 11 is 6.01. The highest BCUT2D eigenvalue weighted by atomic mass is 35.5. The van der Waals surface area contributed by atoms with E-state index in [1.807, 2.05) is 11.8 Å². The Hall–Kier alpha value is -3.00. The second kappa shape index (κ2) is 9.09. The predicted octanol–water partition coefficient (Wildman–Crippen LogP) is 2.92. The normalized spacial score (nSPS) is 24.1. The van der Waals surface area contributed by atoms with Crippen LogP contribution in [-0.2, 0) is 19.9 Å². The van der Waals surface area contributed by atoms with Crippen LogP contribution in [0.2, 0.25) is 5.02 Å². The number of nitrogens with one attached hydrogen (secondary N) is 1. The molecule has 1 N–H and O–H groups in total. The lowest BCUT2D eigenvalue weighted by Gasteiger charge is -2.42. The first kappa shape index (κ1) is 23.2. The van der Waals surface area contributed by atoms with Gasteiger partial charge in [-0.2, -0.15) is 0 Å². The van der Waals surface area contributed by atoms with Gasteiger partial charge in [0.15, 0.2) is 5.78 Å². The van der Waals surface area contributed by atoms with Crippen molar-refractivity contribution in [1.82, 2.24) is 15.2 Å². The molecule has 0 radical (unpaired) electrons. The number of pyridine rings is 1. The molecule has 174 valence electrons. The van der Waals surface area contributed by atoms with Crippen molar-refractivity contribution in [3.63, 3.8) is 0 Å². The van der Waals surface area contributed by atoms with Crippen LogP contribution in [0.5, 0.6) is 0 Å². The molecule has 2 fully saturated rings. The van der Waals surface area contributed by atoms with Crippen molar-refractivity contribution in [3.05, 3.63) is 59.1 Å². The number of ketones is 1. The summed E-state index contributed by atoms with van der Waals surface area (Å²) in [5.41, 5.74) is -0.165. The van der Waals surface area contributed by atoms with E-state index in [0.717, 1.165) is 0 Å². The zero-order valence-electron chi connectivity index (χ0n) is 18.6. The number of benzene rings is 1. The van der Waals surface area contributed by atoms with Gasteiger partial charge in [0, 0.05) is 48.5 Å². The lowest BCUT2D eigenvalue weighted by Crippen LogP contribution is -2.55. The summed E-state index contributed by atoms with van der Waals surface area (Å²) in [6.07, 6.45) is 1.49. The molecule has 2 unspecified atom stereocenters. The maximum atomic E-state index is 13.8. The van der Waals surface area contributed by atoms with Gasteiger partial charge in [-0.05, 0) is 43.7 Å². The minimum absolute atomic E-state index is 0.0506. The zero-order valence-corrected chi connectivity index (χ0v) is 19.3. The summed E-state index contributed by atoms with van der Waals surface area (Å²) in [7, 11) is 0. The molecule has 33 heavy (non-hydrogen) atoms. The molecule has 1 aromatic heterocycles. The molecule has 2 amide bonds. The first-order chi connectivity index (χ1) is 15.7. The van der Waals surface area contributed by atoms with Crippen molar-refractivity contribution in [2.24, 2.45) is 5.92 Å². The molecule has 1 aromatic carbocycles. The van der Waals surface area contributed by atoms with Gasteiger partial charge in [0.1, 0.15) is 11.4 Å².